The molecule has 0 unspecified atom stereocenters. The van der Waals surface area contributed by atoms with Crippen molar-refractivity contribution in [1.82, 2.24) is 15.2 Å². The fourth-order valence-electron chi connectivity index (χ4n) is 1.95. The van der Waals surface area contributed by atoms with Crippen LogP contribution in [-0.4, -0.2) is 20.9 Å². The van der Waals surface area contributed by atoms with E-state index in [2.05, 4.69) is 27.3 Å². The van der Waals surface area contributed by atoms with E-state index in [-0.39, 0.29) is 0 Å². The van der Waals surface area contributed by atoms with Gasteiger partial charge in [0.25, 0.3) is 0 Å². The first-order chi connectivity index (χ1) is 8.34. The molecular formula is C12H10ClN3S. The van der Waals surface area contributed by atoms with Crippen LogP contribution in [0.4, 0.5) is 0 Å². The second-order valence-corrected chi connectivity index (χ2v) is 5.37. The van der Waals surface area contributed by atoms with Crippen LogP contribution in [0.15, 0.2) is 29.4 Å². The fourth-order valence-corrected chi connectivity index (χ4v) is 3.16. The lowest BCUT2D eigenvalue weighted by molar-refractivity contribution is 0.889. The van der Waals surface area contributed by atoms with E-state index in [1.54, 1.807) is 0 Å². The first-order valence-corrected chi connectivity index (χ1v) is 6.80. The Morgan fingerprint density at radius 1 is 1.29 bits per heavy atom. The van der Waals surface area contributed by atoms with Gasteiger partial charge in [0.1, 0.15) is 12.0 Å². The van der Waals surface area contributed by atoms with Gasteiger partial charge in [-0.1, -0.05) is 17.7 Å². The summed E-state index contributed by atoms with van der Waals surface area (Å²) in [5.41, 5.74) is 3.03. The lowest BCUT2D eigenvalue weighted by atomic mass is 10.0. The highest BCUT2D eigenvalue weighted by Crippen LogP contribution is 2.33. The van der Waals surface area contributed by atoms with Crippen molar-refractivity contribution >= 4 is 23.4 Å². The molecule has 0 saturated heterocycles. The molecule has 0 bridgehead atoms. The number of aromatic nitrogens is 3. The molecule has 0 spiro atoms. The standard InChI is InChI=1S/C12H10ClN3S/c13-12-11(16-15-7-14-12)9-3-4-10-8(6-9)2-1-5-17-10/h3-4,6-7H,1-2,5H2. The summed E-state index contributed by atoms with van der Waals surface area (Å²) in [6.07, 6.45) is 3.72. The first kappa shape index (κ1) is 11.0. The van der Waals surface area contributed by atoms with E-state index in [0.29, 0.717) is 10.8 Å². The molecule has 86 valence electrons. The van der Waals surface area contributed by atoms with Gasteiger partial charge in [-0.3, -0.25) is 0 Å². The minimum Gasteiger partial charge on any atom is -0.220 e. The van der Waals surface area contributed by atoms with Gasteiger partial charge >= 0.3 is 0 Å². The molecule has 2 heterocycles. The molecule has 1 aliphatic rings. The summed E-state index contributed by atoms with van der Waals surface area (Å²) in [5.74, 6) is 1.21. The van der Waals surface area contributed by atoms with Gasteiger partial charge in [0.15, 0.2) is 5.15 Å². The van der Waals surface area contributed by atoms with Gasteiger partial charge in [0.05, 0.1) is 0 Å². The van der Waals surface area contributed by atoms with Crippen LogP contribution >= 0.6 is 23.4 Å². The second-order valence-electron chi connectivity index (χ2n) is 3.87. The van der Waals surface area contributed by atoms with Crippen molar-refractivity contribution in [3.63, 3.8) is 0 Å². The van der Waals surface area contributed by atoms with Gasteiger partial charge in [-0.15, -0.1) is 22.0 Å². The molecule has 1 aliphatic heterocycles. The predicted molar refractivity (Wildman–Crippen MR) is 69.3 cm³/mol. The molecule has 2 aromatic rings. The Hall–Kier alpha value is -1.13. The van der Waals surface area contributed by atoms with E-state index in [1.807, 2.05) is 17.8 Å². The maximum Gasteiger partial charge on any atom is 0.159 e. The Kier molecular flexibility index (Phi) is 2.99. The highest BCUT2D eigenvalue weighted by molar-refractivity contribution is 7.99. The third-order valence-electron chi connectivity index (χ3n) is 2.76. The number of aryl methyl sites for hydroxylation is 1. The molecule has 1 aromatic heterocycles. The molecule has 0 aliphatic carbocycles. The van der Waals surface area contributed by atoms with Crippen molar-refractivity contribution in [2.75, 3.05) is 5.75 Å². The Bertz CT molecular complexity index is 559. The Balaban J connectivity index is 2.07. The van der Waals surface area contributed by atoms with Crippen LogP contribution < -0.4 is 0 Å². The van der Waals surface area contributed by atoms with E-state index in [4.69, 9.17) is 11.6 Å². The van der Waals surface area contributed by atoms with Crippen LogP contribution in [0.2, 0.25) is 5.15 Å². The number of hydrogen-bond donors (Lipinski definition) is 0. The molecule has 3 rings (SSSR count). The Labute approximate surface area is 109 Å². The third kappa shape index (κ3) is 2.15. The average molecular weight is 264 g/mol. The molecule has 0 atom stereocenters. The normalized spacial score (nSPS) is 14.4. The van der Waals surface area contributed by atoms with E-state index in [9.17, 15) is 0 Å². The lowest BCUT2D eigenvalue weighted by Gasteiger charge is -2.15. The van der Waals surface area contributed by atoms with Gasteiger partial charge in [-0.05, 0) is 36.3 Å². The van der Waals surface area contributed by atoms with Crippen molar-refractivity contribution in [3.05, 3.63) is 35.2 Å². The summed E-state index contributed by atoms with van der Waals surface area (Å²) >= 11 is 7.94. The third-order valence-corrected chi connectivity index (χ3v) is 4.24. The molecule has 0 amide bonds. The smallest absolute Gasteiger partial charge is 0.159 e. The molecule has 0 saturated carbocycles. The number of hydrogen-bond acceptors (Lipinski definition) is 4. The fraction of sp³-hybridized carbons (Fsp3) is 0.250. The van der Waals surface area contributed by atoms with E-state index >= 15 is 0 Å². The molecule has 0 N–H and O–H groups in total. The summed E-state index contributed by atoms with van der Waals surface area (Å²) in [7, 11) is 0. The molecular weight excluding hydrogens is 254 g/mol. The monoisotopic (exact) mass is 263 g/mol. The van der Waals surface area contributed by atoms with Gasteiger partial charge in [-0.25, -0.2) is 4.98 Å². The molecule has 3 nitrogen and oxygen atoms in total. The summed E-state index contributed by atoms with van der Waals surface area (Å²) in [6.45, 7) is 0. The van der Waals surface area contributed by atoms with Crippen molar-refractivity contribution in [2.24, 2.45) is 0 Å². The van der Waals surface area contributed by atoms with Crippen molar-refractivity contribution in [1.29, 1.82) is 0 Å². The zero-order chi connectivity index (χ0) is 11.7. The number of benzene rings is 1. The molecule has 0 radical (unpaired) electrons. The molecule has 1 aromatic carbocycles. The van der Waals surface area contributed by atoms with Crippen molar-refractivity contribution in [2.45, 2.75) is 17.7 Å². The number of thioether (sulfide) groups is 1. The highest BCUT2D eigenvalue weighted by atomic mass is 35.5. The minimum absolute atomic E-state index is 0.406. The lowest BCUT2D eigenvalue weighted by Crippen LogP contribution is -1.99. The van der Waals surface area contributed by atoms with Crippen LogP contribution in [0, 0.1) is 0 Å². The number of rotatable bonds is 1. The van der Waals surface area contributed by atoms with Crippen LogP contribution in [0.25, 0.3) is 11.3 Å². The zero-order valence-electron chi connectivity index (χ0n) is 9.06. The Morgan fingerprint density at radius 2 is 2.24 bits per heavy atom. The predicted octanol–water partition coefficient (Wildman–Crippen LogP) is 3.23. The van der Waals surface area contributed by atoms with Crippen LogP contribution in [0.3, 0.4) is 0 Å². The highest BCUT2D eigenvalue weighted by Gasteiger charge is 2.13. The van der Waals surface area contributed by atoms with Gasteiger partial charge in [0, 0.05) is 10.5 Å². The van der Waals surface area contributed by atoms with Crippen molar-refractivity contribution < 1.29 is 0 Å². The van der Waals surface area contributed by atoms with Gasteiger partial charge in [0.2, 0.25) is 0 Å². The maximum atomic E-state index is 6.02. The second kappa shape index (κ2) is 4.63. The van der Waals surface area contributed by atoms with Crippen molar-refractivity contribution in [3.8, 4) is 11.3 Å². The van der Waals surface area contributed by atoms with Gasteiger partial charge in [-0.2, -0.15) is 0 Å². The summed E-state index contributed by atoms with van der Waals surface area (Å²) < 4.78 is 0. The molecule has 5 heteroatoms. The summed E-state index contributed by atoms with van der Waals surface area (Å²) in [5, 5.41) is 8.24. The number of halogens is 1. The van der Waals surface area contributed by atoms with E-state index in [1.165, 1.54) is 29.0 Å². The quantitative estimate of drug-likeness (QED) is 0.792. The minimum atomic E-state index is 0.406. The Morgan fingerprint density at radius 3 is 3.12 bits per heavy atom. The maximum absolute atomic E-state index is 6.02. The molecule has 0 fully saturated rings. The van der Waals surface area contributed by atoms with Gasteiger partial charge < -0.3 is 0 Å². The SMILES string of the molecule is Clc1ncnnc1-c1ccc2c(c1)CCCS2. The largest absolute Gasteiger partial charge is 0.220 e. The number of fused-ring (bicyclic) bond motifs is 1. The van der Waals surface area contributed by atoms with Crippen LogP contribution in [-0.2, 0) is 6.42 Å². The first-order valence-electron chi connectivity index (χ1n) is 5.44. The topological polar surface area (TPSA) is 38.7 Å². The average Bonchev–Trinajstić information content (AvgIpc) is 2.39. The van der Waals surface area contributed by atoms with Crippen LogP contribution in [0.1, 0.15) is 12.0 Å². The zero-order valence-corrected chi connectivity index (χ0v) is 10.6. The van der Waals surface area contributed by atoms with E-state index in [0.717, 1.165) is 12.0 Å². The van der Waals surface area contributed by atoms with E-state index < -0.39 is 0 Å². The number of nitrogens with zero attached hydrogens (tertiary/aromatic N) is 3. The summed E-state index contributed by atoms with van der Waals surface area (Å²) in [4.78, 5) is 5.32. The van der Waals surface area contributed by atoms with Crippen LogP contribution in [0.5, 0.6) is 0 Å². The molecule has 17 heavy (non-hydrogen) atoms. The summed E-state index contributed by atoms with van der Waals surface area (Å²) in [6, 6.07) is 6.33.